The number of amides is 1. The Kier molecular flexibility index (Phi) is 4.92. The molecule has 4 aromatic rings. The van der Waals surface area contributed by atoms with Crippen LogP contribution in [0.5, 0.6) is 0 Å². The van der Waals surface area contributed by atoms with E-state index in [0.717, 1.165) is 33.4 Å². The van der Waals surface area contributed by atoms with E-state index in [2.05, 4.69) is 40.5 Å². The van der Waals surface area contributed by atoms with Crippen molar-refractivity contribution in [3.63, 3.8) is 0 Å². The van der Waals surface area contributed by atoms with Gasteiger partial charge in [-0.15, -0.1) is 0 Å². The summed E-state index contributed by atoms with van der Waals surface area (Å²) in [6, 6.07) is 17.6. The number of rotatable bonds is 5. The fourth-order valence-electron chi connectivity index (χ4n) is 3.35. The van der Waals surface area contributed by atoms with Crippen LogP contribution in [0.25, 0.3) is 10.9 Å². The lowest BCUT2D eigenvalue weighted by Gasteiger charge is -2.08. The Morgan fingerprint density at radius 2 is 1.93 bits per heavy atom. The highest BCUT2D eigenvalue weighted by molar-refractivity contribution is 6.31. The highest BCUT2D eigenvalue weighted by Crippen LogP contribution is 2.20. The first-order chi connectivity index (χ1) is 13.5. The minimum atomic E-state index is -0.142. The Morgan fingerprint density at radius 3 is 2.71 bits per heavy atom. The van der Waals surface area contributed by atoms with Crippen LogP contribution in [0.2, 0.25) is 5.02 Å². The zero-order valence-electron chi connectivity index (χ0n) is 15.8. The van der Waals surface area contributed by atoms with Crippen LogP contribution >= 0.6 is 11.6 Å². The van der Waals surface area contributed by atoms with Gasteiger partial charge in [0.05, 0.1) is 12.2 Å². The van der Waals surface area contributed by atoms with E-state index in [0.29, 0.717) is 23.8 Å². The number of aryl methyl sites for hydroxylation is 2. The second-order valence-electron chi connectivity index (χ2n) is 7.00. The first-order valence-electron chi connectivity index (χ1n) is 9.13. The summed E-state index contributed by atoms with van der Waals surface area (Å²) in [6.45, 7) is 5.22. The Hall–Kier alpha value is -3.05. The number of nitrogens with zero attached hydrogens (tertiary/aromatic N) is 2. The largest absolute Gasteiger partial charge is 0.351 e. The summed E-state index contributed by atoms with van der Waals surface area (Å²) >= 11 is 6.01. The number of aromatic nitrogens is 3. The van der Waals surface area contributed by atoms with E-state index in [9.17, 15) is 4.79 Å². The molecule has 0 saturated carbocycles. The van der Waals surface area contributed by atoms with Gasteiger partial charge in [-0.2, -0.15) is 5.10 Å². The van der Waals surface area contributed by atoms with Gasteiger partial charge in [0.1, 0.15) is 5.69 Å². The molecule has 0 saturated heterocycles. The van der Waals surface area contributed by atoms with Gasteiger partial charge in [0.25, 0.3) is 5.91 Å². The van der Waals surface area contributed by atoms with E-state index in [1.807, 2.05) is 41.9 Å². The number of halogens is 1. The van der Waals surface area contributed by atoms with E-state index >= 15 is 0 Å². The smallest absolute Gasteiger partial charge is 0.267 e. The third kappa shape index (κ3) is 3.94. The number of benzene rings is 2. The van der Waals surface area contributed by atoms with Crippen LogP contribution in [0.3, 0.4) is 0 Å². The minimum absolute atomic E-state index is 0.142. The van der Waals surface area contributed by atoms with Crippen LogP contribution in [0.15, 0.2) is 54.6 Å². The van der Waals surface area contributed by atoms with E-state index < -0.39 is 0 Å². The quantitative estimate of drug-likeness (QED) is 0.520. The maximum atomic E-state index is 12.5. The minimum Gasteiger partial charge on any atom is -0.351 e. The van der Waals surface area contributed by atoms with Gasteiger partial charge >= 0.3 is 0 Å². The monoisotopic (exact) mass is 392 g/mol. The van der Waals surface area contributed by atoms with Crippen molar-refractivity contribution in [1.82, 2.24) is 20.1 Å². The van der Waals surface area contributed by atoms with Gasteiger partial charge in [-0.25, -0.2) is 0 Å². The Balaban J connectivity index is 1.44. The van der Waals surface area contributed by atoms with E-state index in [-0.39, 0.29) is 5.91 Å². The molecule has 4 rings (SSSR count). The molecule has 2 aromatic carbocycles. The summed E-state index contributed by atoms with van der Waals surface area (Å²) < 4.78 is 1.99. The summed E-state index contributed by atoms with van der Waals surface area (Å²) in [5.41, 5.74) is 5.76. The van der Waals surface area contributed by atoms with Crippen molar-refractivity contribution in [3.8, 4) is 0 Å². The summed E-state index contributed by atoms with van der Waals surface area (Å²) in [4.78, 5) is 15.6. The average Bonchev–Trinajstić information content (AvgIpc) is 3.22. The Labute approximate surface area is 168 Å². The molecule has 0 aliphatic rings. The van der Waals surface area contributed by atoms with E-state index in [1.165, 1.54) is 0 Å². The molecule has 1 amide bonds. The SMILES string of the molecule is Cc1cc(C)n(Cc2cccc(CNC(=O)c3cc4cc(Cl)ccc4[nH]3)c2)n1. The molecule has 2 aromatic heterocycles. The second kappa shape index (κ2) is 7.52. The van der Waals surface area contributed by atoms with Crippen molar-refractivity contribution in [3.05, 3.63) is 87.8 Å². The first kappa shape index (κ1) is 18.3. The molecule has 0 unspecified atom stereocenters. The van der Waals surface area contributed by atoms with Gasteiger partial charge in [0.15, 0.2) is 0 Å². The maximum absolute atomic E-state index is 12.5. The molecule has 0 aliphatic carbocycles. The van der Waals surface area contributed by atoms with Crippen molar-refractivity contribution in [2.75, 3.05) is 0 Å². The normalized spacial score (nSPS) is 11.1. The predicted octanol–water partition coefficient (Wildman–Crippen LogP) is 4.61. The predicted molar refractivity (Wildman–Crippen MR) is 112 cm³/mol. The summed E-state index contributed by atoms with van der Waals surface area (Å²) in [7, 11) is 0. The standard InChI is InChI=1S/C22H21ClN4O/c1-14-8-15(2)27(26-14)13-17-5-3-4-16(9-17)12-24-22(28)21-11-18-10-19(23)6-7-20(18)25-21/h3-11,25H,12-13H2,1-2H3,(H,24,28). The van der Waals surface area contributed by atoms with Gasteiger partial charge in [-0.1, -0.05) is 35.9 Å². The van der Waals surface area contributed by atoms with Gasteiger partial charge in [0, 0.05) is 28.2 Å². The molecular formula is C22H21ClN4O. The second-order valence-corrected chi connectivity index (χ2v) is 7.44. The molecule has 5 nitrogen and oxygen atoms in total. The van der Waals surface area contributed by atoms with Crippen LogP contribution in [0, 0.1) is 13.8 Å². The van der Waals surface area contributed by atoms with Crippen molar-refractivity contribution in [2.45, 2.75) is 26.9 Å². The number of carbonyl (C=O) groups is 1. The molecule has 2 heterocycles. The van der Waals surface area contributed by atoms with E-state index in [4.69, 9.17) is 11.6 Å². The molecule has 0 atom stereocenters. The summed E-state index contributed by atoms with van der Waals surface area (Å²) in [5, 5.41) is 9.05. The van der Waals surface area contributed by atoms with Gasteiger partial charge in [-0.3, -0.25) is 9.48 Å². The molecule has 142 valence electrons. The number of hydrogen-bond acceptors (Lipinski definition) is 2. The molecule has 28 heavy (non-hydrogen) atoms. The number of aromatic amines is 1. The zero-order valence-corrected chi connectivity index (χ0v) is 16.5. The Morgan fingerprint density at radius 1 is 1.11 bits per heavy atom. The molecule has 0 spiro atoms. The summed E-state index contributed by atoms with van der Waals surface area (Å²) in [6.07, 6.45) is 0. The lowest BCUT2D eigenvalue weighted by atomic mass is 10.1. The lowest BCUT2D eigenvalue weighted by Crippen LogP contribution is -2.23. The first-order valence-corrected chi connectivity index (χ1v) is 9.51. The fraction of sp³-hybridized carbons (Fsp3) is 0.182. The van der Waals surface area contributed by atoms with Crippen LogP contribution in [-0.2, 0) is 13.1 Å². The topological polar surface area (TPSA) is 62.7 Å². The van der Waals surface area contributed by atoms with Crippen LogP contribution in [0.1, 0.15) is 33.0 Å². The highest BCUT2D eigenvalue weighted by atomic mass is 35.5. The molecule has 0 radical (unpaired) electrons. The number of nitrogens with one attached hydrogen (secondary N) is 2. The molecular weight excluding hydrogens is 372 g/mol. The van der Waals surface area contributed by atoms with Crippen molar-refractivity contribution >= 4 is 28.4 Å². The third-order valence-corrected chi connectivity index (χ3v) is 4.94. The fourth-order valence-corrected chi connectivity index (χ4v) is 3.53. The molecule has 0 bridgehead atoms. The average molecular weight is 393 g/mol. The van der Waals surface area contributed by atoms with Crippen LogP contribution in [0.4, 0.5) is 0 Å². The third-order valence-electron chi connectivity index (χ3n) is 4.71. The number of fused-ring (bicyclic) bond motifs is 1. The van der Waals surface area contributed by atoms with Gasteiger partial charge < -0.3 is 10.3 Å². The number of carbonyl (C=O) groups excluding carboxylic acids is 1. The number of hydrogen-bond donors (Lipinski definition) is 2. The molecule has 0 aliphatic heterocycles. The lowest BCUT2D eigenvalue weighted by molar-refractivity contribution is 0.0946. The van der Waals surface area contributed by atoms with Gasteiger partial charge in [0.2, 0.25) is 0 Å². The van der Waals surface area contributed by atoms with Crippen molar-refractivity contribution in [1.29, 1.82) is 0 Å². The molecule has 0 fully saturated rings. The molecule has 6 heteroatoms. The Bertz CT molecular complexity index is 1160. The maximum Gasteiger partial charge on any atom is 0.267 e. The zero-order chi connectivity index (χ0) is 19.7. The van der Waals surface area contributed by atoms with E-state index in [1.54, 1.807) is 6.07 Å². The van der Waals surface area contributed by atoms with Crippen molar-refractivity contribution < 1.29 is 4.79 Å². The summed E-state index contributed by atoms with van der Waals surface area (Å²) in [5.74, 6) is -0.142. The van der Waals surface area contributed by atoms with Crippen molar-refractivity contribution in [2.24, 2.45) is 0 Å². The van der Waals surface area contributed by atoms with Gasteiger partial charge in [-0.05, 0) is 55.3 Å². The van der Waals surface area contributed by atoms with Crippen LogP contribution in [-0.4, -0.2) is 20.7 Å². The number of H-pyrrole nitrogens is 1. The van der Waals surface area contributed by atoms with Crippen LogP contribution < -0.4 is 5.32 Å². The molecule has 2 N–H and O–H groups in total. The highest BCUT2D eigenvalue weighted by Gasteiger charge is 2.10.